The van der Waals surface area contributed by atoms with E-state index in [1.54, 1.807) is 0 Å². The smallest absolute Gasteiger partial charge is 0.0268 e. The van der Waals surface area contributed by atoms with Crippen LogP contribution < -0.4 is 5.32 Å². The van der Waals surface area contributed by atoms with Crippen molar-refractivity contribution in [2.45, 2.75) is 32.7 Å². The zero-order valence-corrected chi connectivity index (χ0v) is 11.9. The quantitative estimate of drug-likeness (QED) is 0.880. The molecule has 0 spiro atoms. The number of hydrogen-bond donors (Lipinski definition) is 1. The van der Waals surface area contributed by atoms with Crippen molar-refractivity contribution in [3.05, 3.63) is 46.5 Å². The third-order valence-electron chi connectivity index (χ3n) is 2.47. The predicted octanol–water partition coefficient (Wildman–Crippen LogP) is 3.98. The maximum absolute atomic E-state index is 3.79. The van der Waals surface area contributed by atoms with Gasteiger partial charge in [-0.05, 0) is 16.5 Å². The minimum Gasteiger partial charge on any atom is -0.308 e. The first kappa shape index (κ1) is 13.5. The van der Waals surface area contributed by atoms with Gasteiger partial charge in [-0.1, -0.05) is 67.5 Å². The number of halogens is 1. The van der Waals surface area contributed by atoms with Crippen molar-refractivity contribution in [1.29, 1.82) is 0 Å². The van der Waals surface area contributed by atoms with Gasteiger partial charge in [-0.3, -0.25) is 0 Å². The second-order valence-corrected chi connectivity index (χ2v) is 6.19. The van der Waals surface area contributed by atoms with Gasteiger partial charge in [0.15, 0.2) is 0 Å². The Morgan fingerprint density at radius 1 is 1.25 bits per heavy atom. The lowest BCUT2D eigenvalue weighted by Crippen LogP contribution is -2.15. The molecule has 0 heterocycles. The van der Waals surface area contributed by atoms with E-state index in [-0.39, 0.29) is 5.41 Å². The third kappa shape index (κ3) is 4.50. The van der Waals surface area contributed by atoms with Crippen LogP contribution in [0.25, 0.3) is 0 Å². The molecule has 0 saturated heterocycles. The Hall–Kier alpha value is -0.600. The maximum atomic E-state index is 3.79. The summed E-state index contributed by atoms with van der Waals surface area (Å²) in [6, 6.07) is 8.79. The Kier molecular flexibility index (Phi) is 4.75. The highest BCUT2D eigenvalue weighted by molar-refractivity contribution is 9.11. The van der Waals surface area contributed by atoms with Crippen molar-refractivity contribution in [3.63, 3.8) is 0 Å². The summed E-state index contributed by atoms with van der Waals surface area (Å²) in [5, 5.41) is 3.31. The van der Waals surface area contributed by atoms with Gasteiger partial charge in [-0.25, -0.2) is 0 Å². The van der Waals surface area contributed by atoms with Gasteiger partial charge in [0.1, 0.15) is 0 Å². The lowest BCUT2D eigenvalue weighted by atomic mass is 9.87. The van der Waals surface area contributed by atoms with Gasteiger partial charge >= 0.3 is 0 Å². The molecule has 0 saturated carbocycles. The molecule has 1 aromatic carbocycles. The van der Waals surface area contributed by atoms with E-state index >= 15 is 0 Å². The number of nitrogens with one attached hydrogen (secondary N) is 1. The predicted molar refractivity (Wildman–Crippen MR) is 74.9 cm³/mol. The normalized spacial score (nSPS) is 11.5. The fourth-order valence-electron chi connectivity index (χ4n) is 1.47. The van der Waals surface area contributed by atoms with E-state index in [9.17, 15) is 0 Å². The van der Waals surface area contributed by atoms with Gasteiger partial charge in [0.05, 0.1) is 0 Å². The summed E-state index contributed by atoms with van der Waals surface area (Å²) >= 11 is 3.33. The third-order valence-corrected chi connectivity index (χ3v) is 2.75. The molecule has 1 N–H and O–H groups in total. The van der Waals surface area contributed by atoms with Crippen LogP contribution in [0.1, 0.15) is 31.9 Å². The average Bonchev–Trinajstić information content (AvgIpc) is 2.16. The first-order valence-corrected chi connectivity index (χ1v) is 6.32. The molecule has 0 fully saturated rings. The van der Waals surface area contributed by atoms with E-state index in [1.165, 1.54) is 11.1 Å². The van der Waals surface area contributed by atoms with Gasteiger partial charge in [-0.2, -0.15) is 0 Å². The molecule has 1 rings (SSSR count). The number of rotatable bonds is 4. The van der Waals surface area contributed by atoms with Crippen LogP contribution in [0.3, 0.4) is 0 Å². The zero-order chi connectivity index (χ0) is 12.2. The Labute approximate surface area is 107 Å². The van der Waals surface area contributed by atoms with Crippen molar-refractivity contribution in [2.75, 3.05) is 6.54 Å². The van der Waals surface area contributed by atoms with Gasteiger partial charge in [-0.15, -0.1) is 0 Å². The zero-order valence-electron chi connectivity index (χ0n) is 10.3. The fraction of sp³-hybridized carbons (Fsp3) is 0.429. The van der Waals surface area contributed by atoms with Crippen molar-refractivity contribution in [1.82, 2.24) is 5.32 Å². The molecule has 1 aromatic rings. The fourth-order valence-corrected chi connectivity index (χ4v) is 1.66. The van der Waals surface area contributed by atoms with Crippen LogP contribution in [-0.2, 0) is 12.0 Å². The lowest BCUT2D eigenvalue weighted by molar-refractivity contribution is 0.589. The molecule has 0 aliphatic rings. The van der Waals surface area contributed by atoms with Gasteiger partial charge in [0, 0.05) is 17.6 Å². The van der Waals surface area contributed by atoms with E-state index < -0.39 is 0 Å². The number of benzene rings is 1. The molecule has 0 aliphatic carbocycles. The molecular formula is C14H20BrN. The van der Waals surface area contributed by atoms with E-state index in [2.05, 4.69) is 72.9 Å². The summed E-state index contributed by atoms with van der Waals surface area (Å²) in [4.78, 5) is 0. The standard InChI is InChI=1S/C14H20BrN/c1-11(15)9-16-10-12-5-7-13(8-6-12)14(2,3)4/h5-8,16H,1,9-10H2,2-4H3. The summed E-state index contributed by atoms with van der Waals surface area (Å²) < 4.78 is 0.985. The highest BCUT2D eigenvalue weighted by atomic mass is 79.9. The Morgan fingerprint density at radius 2 is 1.81 bits per heavy atom. The topological polar surface area (TPSA) is 12.0 Å². The SMILES string of the molecule is C=C(Br)CNCc1ccc(C(C)(C)C)cc1. The maximum Gasteiger partial charge on any atom is 0.0268 e. The molecule has 0 bridgehead atoms. The highest BCUT2D eigenvalue weighted by Gasteiger charge is 2.12. The summed E-state index contributed by atoms with van der Waals surface area (Å²) in [5.41, 5.74) is 2.92. The molecule has 0 unspecified atom stereocenters. The van der Waals surface area contributed by atoms with Crippen LogP contribution in [0.2, 0.25) is 0 Å². The number of hydrogen-bond acceptors (Lipinski definition) is 1. The molecule has 1 nitrogen and oxygen atoms in total. The first-order valence-electron chi connectivity index (χ1n) is 5.53. The molecule has 0 amide bonds. The van der Waals surface area contributed by atoms with Crippen molar-refractivity contribution >= 4 is 15.9 Å². The van der Waals surface area contributed by atoms with Crippen molar-refractivity contribution in [3.8, 4) is 0 Å². The molecular weight excluding hydrogens is 262 g/mol. The first-order chi connectivity index (χ1) is 7.39. The summed E-state index contributed by atoms with van der Waals surface area (Å²) in [6.45, 7) is 12.2. The van der Waals surface area contributed by atoms with E-state index in [1.807, 2.05) is 0 Å². The van der Waals surface area contributed by atoms with Crippen LogP contribution in [0, 0.1) is 0 Å². The monoisotopic (exact) mass is 281 g/mol. The van der Waals surface area contributed by atoms with Crippen LogP contribution in [0.5, 0.6) is 0 Å². The average molecular weight is 282 g/mol. The molecule has 0 atom stereocenters. The van der Waals surface area contributed by atoms with Crippen molar-refractivity contribution in [2.24, 2.45) is 0 Å². The van der Waals surface area contributed by atoms with Gasteiger partial charge < -0.3 is 5.32 Å². The van der Waals surface area contributed by atoms with E-state index in [0.29, 0.717) is 0 Å². The summed E-state index contributed by atoms with van der Waals surface area (Å²) in [6.07, 6.45) is 0. The summed E-state index contributed by atoms with van der Waals surface area (Å²) in [5.74, 6) is 0. The second kappa shape index (κ2) is 5.65. The van der Waals surface area contributed by atoms with Crippen LogP contribution >= 0.6 is 15.9 Å². The molecule has 0 radical (unpaired) electrons. The van der Waals surface area contributed by atoms with E-state index in [0.717, 1.165) is 17.6 Å². The van der Waals surface area contributed by atoms with Gasteiger partial charge in [0.2, 0.25) is 0 Å². The second-order valence-electron chi connectivity index (χ2n) is 5.07. The molecule has 88 valence electrons. The Balaban J connectivity index is 2.55. The van der Waals surface area contributed by atoms with Crippen molar-refractivity contribution < 1.29 is 0 Å². The summed E-state index contributed by atoms with van der Waals surface area (Å²) in [7, 11) is 0. The molecule has 16 heavy (non-hydrogen) atoms. The lowest BCUT2D eigenvalue weighted by Gasteiger charge is -2.19. The van der Waals surface area contributed by atoms with Gasteiger partial charge in [0.25, 0.3) is 0 Å². The molecule has 0 aromatic heterocycles. The Morgan fingerprint density at radius 3 is 2.25 bits per heavy atom. The minimum atomic E-state index is 0.232. The highest BCUT2D eigenvalue weighted by Crippen LogP contribution is 2.22. The van der Waals surface area contributed by atoms with Crippen LogP contribution in [0.15, 0.2) is 35.3 Å². The largest absolute Gasteiger partial charge is 0.308 e. The van der Waals surface area contributed by atoms with E-state index in [4.69, 9.17) is 0 Å². The minimum absolute atomic E-state index is 0.232. The molecule has 0 aliphatic heterocycles. The Bertz CT molecular complexity index is 346. The van der Waals surface area contributed by atoms with Crippen LogP contribution in [-0.4, -0.2) is 6.54 Å². The van der Waals surface area contributed by atoms with Crippen LogP contribution in [0.4, 0.5) is 0 Å². The molecule has 2 heteroatoms.